The molecule has 1 amide bonds. The third-order valence-electron chi connectivity index (χ3n) is 3.78. The van der Waals surface area contributed by atoms with Crippen LogP contribution in [-0.2, 0) is 16.7 Å². The standard InChI is InChI=1S/C16H20N4O2/c1-16(2,3)12-4-6-13(7-5-12)20-11-14(22-15(20)21)10-19-9-8-17-18-19/h4-9,14H,10-11H2,1-3H3. The number of aromatic nitrogens is 3. The van der Waals surface area contributed by atoms with Gasteiger partial charge in [0.05, 0.1) is 19.3 Å². The van der Waals surface area contributed by atoms with E-state index in [2.05, 4.69) is 43.2 Å². The van der Waals surface area contributed by atoms with Crippen molar-refractivity contribution in [2.45, 2.75) is 38.8 Å². The lowest BCUT2D eigenvalue weighted by Crippen LogP contribution is -2.26. The predicted molar refractivity (Wildman–Crippen MR) is 82.8 cm³/mol. The molecular weight excluding hydrogens is 280 g/mol. The van der Waals surface area contributed by atoms with Gasteiger partial charge < -0.3 is 4.74 Å². The van der Waals surface area contributed by atoms with Gasteiger partial charge in [0, 0.05) is 11.9 Å². The van der Waals surface area contributed by atoms with Gasteiger partial charge in [0.1, 0.15) is 6.10 Å². The second kappa shape index (κ2) is 5.44. The van der Waals surface area contributed by atoms with Gasteiger partial charge in [-0.1, -0.05) is 38.1 Å². The first kappa shape index (κ1) is 14.6. The molecule has 0 bridgehead atoms. The van der Waals surface area contributed by atoms with Crippen LogP contribution >= 0.6 is 0 Å². The van der Waals surface area contributed by atoms with Crippen molar-refractivity contribution in [3.05, 3.63) is 42.2 Å². The number of nitrogens with zero attached hydrogens (tertiary/aromatic N) is 4. The molecular formula is C16H20N4O2. The van der Waals surface area contributed by atoms with Crippen molar-refractivity contribution in [1.29, 1.82) is 0 Å². The van der Waals surface area contributed by atoms with Crippen LogP contribution in [0.25, 0.3) is 0 Å². The van der Waals surface area contributed by atoms with Gasteiger partial charge in [-0.3, -0.25) is 4.90 Å². The van der Waals surface area contributed by atoms with E-state index in [-0.39, 0.29) is 17.6 Å². The van der Waals surface area contributed by atoms with Gasteiger partial charge in [-0.25, -0.2) is 9.48 Å². The summed E-state index contributed by atoms with van der Waals surface area (Å²) in [5.41, 5.74) is 2.20. The molecule has 1 aromatic carbocycles. The normalized spacial score (nSPS) is 18.6. The van der Waals surface area contributed by atoms with E-state index >= 15 is 0 Å². The molecule has 116 valence electrons. The lowest BCUT2D eigenvalue weighted by atomic mass is 9.87. The summed E-state index contributed by atoms with van der Waals surface area (Å²) in [6, 6.07) is 8.07. The second-order valence-electron chi connectivity index (χ2n) is 6.54. The van der Waals surface area contributed by atoms with Crippen LogP contribution in [0.5, 0.6) is 0 Å². The zero-order valence-electron chi connectivity index (χ0n) is 13.1. The fourth-order valence-corrected chi connectivity index (χ4v) is 2.51. The van der Waals surface area contributed by atoms with Crippen molar-refractivity contribution in [2.24, 2.45) is 0 Å². The molecule has 0 radical (unpaired) electrons. The second-order valence-corrected chi connectivity index (χ2v) is 6.54. The molecule has 6 heteroatoms. The van der Waals surface area contributed by atoms with E-state index in [4.69, 9.17) is 4.74 Å². The first-order chi connectivity index (χ1) is 10.4. The van der Waals surface area contributed by atoms with Crippen LogP contribution in [0.4, 0.5) is 10.5 Å². The summed E-state index contributed by atoms with van der Waals surface area (Å²) < 4.78 is 7.07. The van der Waals surface area contributed by atoms with Gasteiger partial charge in [-0.05, 0) is 23.1 Å². The van der Waals surface area contributed by atoms with Crippen LogP contribution in [0.15, 0.2) is 36.7 Å². The van der Waals surface area contributed by atoms with Crippen LogP contribution in [0.1, 0.15) is 26.3 Å². The third kappa shape index (κ3) is 2.95. The van der Waals surface area contributed by atoms with Crippen molar-refractivity contribution in [1.82, 2.24) is 15.0 Å². The summed E-state index contributed by atoms with van der Waals surface area (Å²) in [5.74, 6) is 0. The average molecular weight is 300 g/mol. The maximum absolute atomic E-state index is 12.1. The highest BCUT2D eigenvalue weighted by Crippen LogP contribution is 2.27. The van der Waals surface area contributed by atoms with Crippen LogP contribution in [0, 0.1) is 0 Å². The number of cyclic esters (lactones) is 1. The maximum Gasteiger partial charge on any atom is 0.414 e. The molecule has 1 aromatic heterocycles. The lowest BCUT2D eigenvalue weighted by molar-refractivity contribution is 0.129. The number of anilines is 1. The first-order valence-corrected chi connectivity index (χ1v) is 7.36. The number of hydrogen-bond acceptors (Lipinski definition) is 4. The van der Waals surface area contributed by atoms with Crippen molar-refractivity contribution < 1.29 is 9.53 Å². The Balaban J connectivity index is 1.71. The highest BCUT2D eigenvalue weighted by atomic mass is 16.6. The average Bonchev–Trinajstić information content (AvgIpc) is 3.08. The number of carbonyl (C=O) groups excluding carboxylic acids is 1. The molecule has 0 spiro atoms. The monoisotopic (exact) mass is 300 g/mol. The number of benzene rings is 1. The van der Waals surface area contributed by atoms with E-state index in [1.165, 1.54) is 5.56 Å². The van der Waals surface area contributed by atoms with Crippen LogP contribution in [0.3, 0.4) is 0 Å². The fraction of sp³-hybridized carbons (Fsp3) is 0.438. The Hall–Kier alpha value is -2.37. The molecule has 1 unspecified atom stereocenters. The van der Waals surface area contributed by atoms with Gasteiger partial charge in [0.2, 0.25) is 0 Å². The molecule has 1 fully saturated rings. The smallest absolute Gasteiger partial charge is 0.414 e. The Morgan fingerprint density at radius 2 is 2.00 bits per heavy atom. The number of rotatable bonds is 3. The molecule has 0 aliphatic carbocycles. The minimum Gasteiger partial charge on any atom is -0.442 e. The SMILES string of the molecule is CC(C)(C)c1ccc(N2CC(Cn3ccnn3)OC2=O)cc1. The van der Waals surface area contributed by atoms with Gasteiger partial charge >= 0.3 is 6.09 Å². The Kier molecular flexibility index (Phi) is 3.60. The summed E-state index contributed by atoms with van der Waals surface area (Å²) in [6.07, 6.45) is 2.85. The predicted octanol–water partition coefficient (Wildman–Crippen LogP) is 2.60. The van der Waals surface area contributed by atoms with E-state index in [1.807, 2.05) is 12.1 Å². The minimum atomic E-state index is -0.311. The molecule has 2 heterocycles. The van der Waals surface area contributed by atoms with E-state index in [0.29, 0.717) is 13.1 Å². The maximum atomic E-state index is 12.1. The van der Waals surface area contributed by atoms with E-state index in [1.54, 1.807) is 22.0 Å². The fourth-order valence-electron chi connectivity index (χ4n) is 2.51. The molecule has 6 nitrogen and oxygen atoms in total. The minimum absolute atomic E-state index is 0.0969. The number of amides is 1. The Bertz CT molecular complexity index is 644. The third-order valence-corrected chi connectivity index (χ3v) is 3.78. The van der Waals surface area contributed by atoms with Crippen molar-refractivity contribution in [3.63, 3.8) is 0 Å². The van der Waals surface area contributed by atoms with Gasteiger partial charge in [-0.2, -0.15) is 0 Å². The summed E-state index contributed by atoms with van der Waals surface area (Å²) >= 11 is 0. The summed E-state index contributed by atoms with van der Waals surface area (Å²) in [6.45, 7) is 7.54. The molecule has 2 aromatic rings. The Morgan fingerprint density at radius 1 is 1.27 bits per heavy atom. The molecule has 1 aliphatic heterocycles. The molecule has 0 saturated carbocycles. The van der Waals surface area contributed by atoms with Crippen molar-refractivity contribution >= 4 is 11.8 Å². The Labute approximate surface area is 129 Å². The summed E-state index contributed by atoms with van der Waals surface area (Å²) in [7, 11) is 0. The van der Waals surface area contributed by atoms with E-state index in [9.17, 15) is 4.79 Å². The molecule has 3 rings (SSSR count). The lowest BCUT2D eigenvalue weighted by Gasteiger charge is -2.20. The van der Waals surface area contributed by atoms with E-state index < -0.39 is 0 Å². The van der Waals surface area contributed by atoms with E-state index in [0.717, 1.165) is 5.69 Å². The van der Waals surface area contributed by atoms with Gasteiger partial charge in [-0.15, -0.1) is 5.10 Å². The van der Waals surface area contributed by atoms with Crippen molar-refractivity contribution in [3.8, 4) is 0 Å². The molecule has 22 heavy (non-hydrogen) atoms. The Morgan fingerprint density at radius 3 is 2.59 bits per heavy atom. The molecule has 1 aliphatic rings. The van der Waals surface area contributed by atoms with Crippen LogP contribution in [0.2, 0.25) is 0 Å². The quantitative estimate of drug-likeness (QED) is 0.874. The van der Waals surface area contributed by atoms with Crippen LogP contribution < -0.4 is 4.90 Å². The number of hydrogen-bond donors (Lipinski definition) is 0. The topological polar surface area (TPSA) is 60.3 Å². The van der Waals surface area contributed by atoms with Gasteiger partial charge in [0.15, 0.2) is 0 Å². The largest absolute Gasteiger partial charge is 0.442 e. The first-order valence-electron chi connectivity index (χ1n) is 7.36. The summed E-state index contributed by atoms with van der Waals surface area (Å²) in [5, 5.41) is 7.65. The van der Waals surface area contributed by atoms with Crippen molar-refractivity contribution in [2.75, 3.05) is 11.4 Å². The zero-order valence-corrected chi connectivity index (χ0v) is 13.1. The zero-order chi connectivity index (χ0) is 15.7. The van der Waals surface area contributed by atoms with Gasteiger partial charge in [0.25, 0.3) is 0 Å². The molecule has 0 N–H and O–H groups in total. The highest BCUT2D eigenvalue weighted by Gasteiger charge is 2.32. The number of carbonyl (C=O) groups is 1. The number of ether oxygens (including phenoxy) is 1. The van der Waals surface area contributed by atoms with Crippen LogP contribution in [-0.4, -0.2) is 33.7 Å². The highest BCUT2D eigenvalue weighted by molar-refractivity contribution is 5.89. The summed E-state index contributed by atoms with van der Waals surface area (Å²) in [4.78, 5) is 13.7. The molecule has 1 atom stereocenters. The molecule has 1 saturated heterocycles.